The highest BCUT2D eigenvalue weighted by Gasteiger charge is 2.38. The molecule has 0 N–H and O–H groups in total. The van der Waals surface area contributed by atoms with E-state index in [0.29, 0.717) is 23.3 Å². The number of methoxy groups -OCH3 is 1. The number of carbonyl (C=O) groups excluding carboxylic acids is 3. The highest BCUT2D eigenvalue weighted by atomic mass is 16.6. The Kier molecular flexibility index (Phi) is 9.15. The average Bonchev–Trinajstić information content (AvgIpc) is 2.72. The van der Waals surface area contributed by atoms with Crippen LogP contribution >= 0.6 is 0 Å². The number of carbonyl (C=O) groups is 1. The molecule has 0 aliphatic carbocycles. The first-order valence-corrected chi connectivity index (χ1v) is 9.74. The molecular formula is C22H28N2O7. The maximum atomic E-state index is 12.9. The van der Waals surface area contributed by atoms with Crippen molar-refractivity contribution in [2.75, 3.05) is 20.8 Å². The lowest BCUT2D eigenvalue weighted by Gasteiger charge is -2.36. The molecule has 0 bridgehead atoms. The molecule has 0 fully saturated rings. The molecule has 2 rings (SSSR count). The van der Waals surface area contributed by atoms with Gasteiger partial charge in [0.1, 0.15) is 5.75 Å². The number of hydrogen-bond acceptors (Lipinski definition) is 8. The molecule has 0 saturated carbocycles. The van der Waals surface area contributed by atoms with Gasteiger partial charge in [0.05, 0.1) is 30.3 Å². The first kappa shape index (κ1) is 25.6. The summed E-state index contributed by atoms with van der Waals surface area (Å²) in [6.07, 6.45) is 0.902. The third-order valence-corrected chi connectivity index (χ3v) is 5.43. The summed E-state index contributed by atoms with van der Waals surface area (Å²) in [7, 11) is 3.38. The molecule has 0 saturated heterocycles. The summed E-state index contributed by atoms with van der Waals surface area (Å²) < 4.78 is 10.6. The predicted octanol–water partition coefficient (Wildman–Crippen LogP) is 3.88. The van der Waals surface area contributed by atoms with Crippen molar-refractivity contribution in [2.24, 2.45) is 0 Å². The molecule has 1 aliphatic heterocycles. The van der Waals surface area contributed by atoms with Gasteiger partial charge < -0.3 is 14.4 Å². The smallest absolute Gasteiger partial charge is 0.373 e. The quantitative estimate of drug-likeness (QED) is 0.378. The molecule has 1 aliphatic rings. The number of ether oxygens (including phenoxy) is 2. The molecule has 1 aromatic rings. The average molecular weight is 432 g/mol. The number of nitro groups is 1. The summed E-state index contributed by atoms with van der Waals surface area (Å²) in [5.41, 5.74) is 4.32. The van der Waals surface area contributed by atoms with Gasteiger partial charge in [0.15, 0.2) is 0 Å². The number of aryl methyl sites for hydroxylation is 1. The van der Waals surface area contributed by atoms with Crippen molar-refractivity contribution in [3.63, 3.8) is 0 Å². The summed E-state index contributed by atoms with van der Waals surface area (Å²) >= 11 is 0. The number of nitro benzene ring substituents is 1. The van der Waals surface area contributed by atoms with E-state index in [0.717, 1.165) is 22.5 Å². The molecule has 1 atom stereocenters. The molecule has 168 valence electrons. The Morgan fingerprint density at radius 3 is 2.23 bits per heavy atom. The van der Waals surface area contributed by atoms with Gasteiger partial charge in [-0.3, -0.25) is 10.1 Å². The van der Waals surface area contributed by atoms with Gasteiger partial charge in [-0.05, 0) is 51.3 Å². The number of nitrogens with zero attached hydrogens (tertiary/aromatic N) is 2. The number of benzene rings is 1. The minimum absolute atomic E-state index is 0.0645. The van der Waals surface area contributed by atoms with Gasteiger partial charge in [-0.25, -0.2) is 4.79 Å². The standard InChI is InChI=1S/C21H28N2O5.CO2/c1-8-15-13(4)22(6)14(5)19(21(24)28-9-2)20(15)16-10-12(3)18(27-7)11-17(16)23(25)26;2-1-3/h10-11,20H,8-9H2,1-7H3;. The van der Waals surface area contributed by atoms with Gasteiger partial charge in [0.25, 0.3) is 5.69 Å². The fourth-order valence-corrected chi connectivity index (χ4v) is 3.83. The van der Waals surface area contributed by atoms with Crippen LogP contribution in [0.5, 0.6) is 5.75 Å². The van der Waals surface area contributed by atoms with E-state index in [2.05, 4.69) is 0 Å². The van der Waals surface area contributed by atoms with Gasteiger partial charge in [-0.15, -0.1) is 0 Å². The van der Waals surface area contributed by atoms with Crippen molar-refractivity contribution >= 4 is 17.8 Å². The zero-order valence-corrected chi connectivity index (χ0v) is 18.9. The normalized spacial score (nSPS) is 15.7. The van der Waals surface area contributed by atoms with Crippen LogP contribution in [0.2, 0.25) is 0 Å². The zero-order valence-electron chi connectivity index (χ0n) is 18.9. The third kappa shape index (κ3) is 5.19. The monoisotopic (exact) mass is 432 g/mol. The SMILES string of the molecule is CCOC(=O)C1=C(C)N(C)C(C)=C(CC)C1c1cc(C)c(OC)cc1[N+](=O)[O-].O=C=O. The Labute approximate surface area is 181 Å². The first-order valence-electron chi connectivity index (χ1n) is 9.74. The second-order valence-corrected chi connectivity index (χ2v) is 6.90. The van der Waals surface area contributed by atoms with Crippen LogP contribution in [0.15, 0.2) is 34.7 Å². The maximum absolute atomic E-state index is 12.9. The Hall–Kier alpha value is -3.45. The van der Waals surface area contributed by atoms with Gasteiger partial charge >= 0.3 is 12.1 Å². The van der Waals surface area contributed by atoms with Crippen LogP contribution in [0.1, 0.15) is 51.2 Å². The maximum Gasteiger partial charge on any atom is 0.373 e. The number of esters is 1. The first-order chi connectivity index (χ1) is 14.6. The fourth-order valence-electron chi connectivity index (χ4n) is 3.83. The van der Waals surface area contributed by atoms with Gasteiger partial charge in [0, 0.05) is 29.9 Å². The highest BCUT2D eigenvalue weighted by Crippen LogP contribution is 2.46. The lowest BCUT2D eigenvalue weighted by Crippen LogP contribution is -2.30. The van der Waals surface area contributed by atoms with Crippen molar-refractivity contribution in [3.05, 3.63) is 55.9 Å². The summed E-state index contributed by atoms with van der Waals surface area (Å²) in [6, 6.07) is 3.19. The Morgan fingerprint density at radius 2 is 1.77 bits per heavy atom. The Morgan fingerprint density at radius 1 is 1.19 bits per heavy atom. The molecule has 1 unspecified atom stereocenters. The minimum atomic E-state index is -0.537. The van der Waals surface area contributed by atoms with E-state index in [1.807, 2.05) is 39.6 Å². The van der Waals surface area contributed by atoms with E-state index in [1.54, 1.807) is 13.0 Å². The largest absolute Gasteiger partial charge is 0.496 e. The number of allylic oxidation sites excluding steroid dienone is 3. The van der Waals surface area contributed by atoms with Crippen LogP contribution in [-0.4, -0.2) is 42.7 Å². The van der Waals surface area contributed by atoms with Crippen LogP contribution in [-0.2, 0) is 19.1 Å². The molecule has 0 radical (unpaired) electrons. The van der Waals surface area contributed by atoms with E-state index < -0.39 is 16.8 Å². The second-order valence-electron chi connectivity index (χ2n) is 6.90. The molecule has 0 aromatic heterocycles. The van der Waals surface area contributed by atoms with Crippen LogP contribution < -0.4 is 4.74 Å². The molecule has 0 amide bonds. The highest BCUT2D eigenvalue weighted by molar-refractivity contribution is 5.93. The summed E-state index contributed by atoms with van der Waals surface area (Å²) in [5, 5.41) is 11.9. The summed E-state index contributed by atoms with van der Waals surface area (Å²) in [4.78, 5) is 42.5. The molecule has 31 heavy (non-hydrogen) atoms. The molecule has 1 heterocycles. The molecule has 1 aromatic carbocycles. The second kappa shape index (κ2) is 11.1. The van der Waals surface area contributed by atoms with Gasteiger partial charge in [-0.1, -0.05) is 6.92 Å². The summed E-state index contributed by atoms with van der Waals surface area (Å²) in [6.45, 7) is 9.63. The molecule has 9 nitrogen and oxygen atoms in total. The van der Waals surface area contributed by atoms with Crippen molar-refractivity contribution < 1.29 is 28.8 Å². The van der Waals surface area contributed by atoms with Crippen LogP contribution in [0, 0.1) is 17.0 Å². The van der Waals surface area contributed by atoms with E-state index in [9.17, 15) is 14.9 Å². The lowest BCUT2D eigenvalue weighted by molar-refractivity contribution is -0.385. The molecule has 0 spiro atoms. The van der Waals surface area contributed by atoms with Crippen LogP contribution in [0.4, 0.5) is 5.69 Å². The third-order valence-electron chi connectivity index (χ3n) is 5.43. The molecular weight excluding hydrogens is 404 g/mol. The van der Waals surface area contributed by atoms with E-state index in [4.69, 9.17) is 19.1 Å². The lowest BCUT2D eigenvalue weighted by atomic mass is 9.78. The predicted molar refractivity (Wildman–Crippen MR) is 112 cm³/mol. The van der Waals surface area contributed by atoms with Crippen LogP contribution in [0.25, 0.3) is 0 Å². The van der Waals surface area contributed by atoms with Gasteiger partial charge in [-0.2, -0.15) is 9.59 Å². The van der Waals surface area contributed by atoms with E-state index in [1.165, 1.54) is 13.2 Å². The van der Waals surface area contributed by atoms with Gasteiger partial charge in [0.2, 0.25) is 0 Å². The summed E-state index contributed by atoms with van der Waals surface area (Å²) in [5.74, 6) is -0.538. The van der Waals surface area contributed by atoms with Crippen molar-refractivity contribution in [2.45, 2.75) is 47.0 Å². The van der Waals surface area contributed by atoms with Crippen molar-refractivity contribution in [1.29, 1.82) is 0 Å². The van der Waals surface area contributed by atoms with E-state index >= 15 is 0 Å². The van der Waals surface area contributed by atoms with Crippen LogP contribution in [0.3, 0.4) is 0 Å². The minimum Gasteiger partial charge on any atom is -0.496 e. The van der Waals surface area contributed by atoms with Crippen molar-refractivity contribution in [3.8, 4) is 5.75 Å². The topological polar surface area (TPSA) is 116 Å². The number of rotatable bonds is 6. The Balaban J connectivity index is 0.00000151. The van der Waals surface area contributed by atoms with Crippen molar-refractivity contribution in [1.82, 2.24) is 4.90 Å². The Bertz CT molecular complexity index is 957. The zero-order chi connectivity index (χ0) is 23.9. The number of hydrogen-bond donors (Lipinski definition) is 0. The molecule has 9 heteroatoms. The fraction of sp³-hybridized carbons (Fsp3) is 0.455. The van der Waals surface area contributed by atoms with E-state index in [-0.39, 0.29) is 18.4 Å².